The van der Waals surface area contributed by atoms with Gasteiger partial charge in [-0.3, -0.25) is 4.79 Å². The van der Waals surface area contributed by atoms with E-state index in [1.165, 1.54) is 18.6 Å². The summed E-state index contributed by atoms with van der Waals surface area (Å²) < 4.78 is 18.5. The molecule has 1 N–H and O–H groups in total. The van der Waals surface area contributed by atoms with Gasteiger partial charge in [0.15, 0.2) is 6.10 Å². The molecule has 4 nitrogen and oxygen atoms in total. The summed E-state index contributed by atoms with van der Waals surface area (Å²) in [6.45, 7) is 4.37. The second-order valence-electron chi connectivity index (χ2n) is 5.87. The third-order valence-electron chi connectivity index (χ3n) is 4.20. The van der Waals surface area contributed by atoms with Gasteiger partial charge >= 0.3 is 0 Å². The Balaban J connectivity index is 0.00000264. The Kier molecular flexibility index (Phi) is 8.34. The van der Waals surface area contributed by atoms with E-state index in [0.29, 0.717) is 11.7 Å². The summed E-state index contributed by atoms with van der Waals surface area (Å²) in [7, 11) is 1.97. The molecule has 1 atom stereocenters. The summed E-state index contributed by atoms with van der Waals surface area (Å²) >= 11 is 0. The average molecular weight is 345 g/mol. The fraction of sp³-hybridized carbons (Fsp3) is 0.588. The number of halogens is 2. The Bertz CT molecular complexity index is 476. The van der Waals surface area contributed by atoms with E-state index >= 15 is 0 Å². The van der Waals surface area contributed by atoms with Crippen molar-refractivity contribution >= 4 is 18.3 Å². The zero-order valence-electron chi connectivity index (χ0n) is 13.8. The van der Waals surface area contributed by atoms with E-state index in [9.17, 15) is 9.18 Å². The number of nitrogens with zero attached hydrogens (tertiary/aromatic N) is 1. The van der Waals surface area contributed by atoms with Crippen LogP contribution in [0.2, 0.25) is 0 Å². The van der Waals surface area contributed by atoms with Crippen molar-refractivity contribution in [1.82, 2.24) is 10.2 Å². The number of nitrogens with one attached hydrogen (secondary N) is 1. The number of ether oxygens (including phenoxy) is 1. The van der Waals surface area contributed by atoms with Crippen LogP contribution in [0, 0.1) is 11.7 Å². The molecule has 1 aromatic rings. The van der Waals surface area contributed by atoms with Gasteiger partial charge in [0.25, 0.3) is 5.91 Å². The van der Waals surface area contributed by atoms with E-state index in [-0.39, 0.29) is 24.1 Å². The highest BCUT2D eigenvalue weighted by Gasteiger charge is 2.26. The smallest absolute Gasteiger partial charge is 0.263 e. The van der Waals surface area contributed by atoms with Crippen molar-refractivity contribution in [3.8, 4) is 5.75 Å². The van der Waals surface area contributed by atoms with Crippen molar-refractivity contribution < 1.29 is 13.9 Å². The first-order chi connectivity index (χ1) is 10.6. The molecule has 0 spiro atoms. The quantitative estimate of drug-likeness (QED) is 0.862. The lowest BCUT2D eigenvalue weighted by Crippen LogP contribution is -2.45. The summed E-state index contributed by atoms with van der Waals surface area (Å²) in [5, 5.41) is 3.17. The van der Waals surface area contributed by atoms with E-state index < -0.39 is 6.10 Å². The molecule has 23 heavy (non-hydrogen) atoms. The lowest BCUT2D eigenvalue weighted by molar-refractivity contribution is -0.139. The molecule has 1 aromatic carbocycles. The summed E-state index contributed by atoms with van der Waals surface area (Å²) in [5.74, 6) is 0.919. The first-order valence-electron chi connectivity index (χ1n) is 7.95. The van der Waals surface area contributed by atoms with Crippen LogP contribution in [0.4, 0.5) is 4.39 Å². The fourth-order valence-electron chi connectivity index (χ4n) is 2.82. The molecule has 1 heterocycles. The maximum Gasteiger partial charge on any atom is 0.263 e. The van der Waals surface area contributed by atoms with Crippen molar-refractivity contribution in [1.29, 1.82) is 0 Å². The number of carbonyl (C=O) groups is 1. The largest absolute Gasteiger partial charge is 0.481 e. The highest BCUT2D eigenvalue weighted by atomic mass is 35.5. The number of likely N-dealkylation sites (tertiary alicyclic amines) is 1. The lowest BCUT2D eigenvalue weighted by atomic mass is 9.93. The van der Waals surface area contributed by atoms with E-state index in [1.54, 1.807) is 19.1 Å². The van der Waals surface area contributed by atoms with Crippen LogP contribution in [0.25, 0.3) is 0 Å². The van der Waals surface area contributed by atoms with Crippen LogP contribution in [0.15, 0.2) is 24.3 Å². The van der Waals surface area contributed by atoms with Gasteiger partial charge in [0.2, 0.25) is 0 Å². The average Bonchev–Trinajstić information content (AvgIpc) is 2.55. The number of carbonyl (C=O) groups excluding carboxylic acids is 1. The summed E-state index contributed by atoms with van der Waals surface area (Å²) in [5.41, 5.74) is 0. The molecule has 0 bridgehead atoms. The minimum atomic E-state index is -0.542. The summed E-state index contributed by atoms with van der Waals surface area (Å²) in [6.07, 6.45) is 2.73. The van der Waals surface area contributed by atoms with Crippen molar-refractivity contribution in [3.63, 3.8) is 0 Å². The molecule has 130 valence electrons. The molecule has 1 aliphatic rings. The molecule has 0 aliphatic carbocycles. The minimum absolute atomic E-state index is 0. The van der Waals surface area contributed by atoms with Crippen LogP contribution in [0.3, 0.4) is 0 Å². The lowest BCUT2D eigenvalue weighted by Gasteiger charge is -2.33. The van der Waals surface area contributed by atoms with Gasteiger partial charge in [0, 0.05) is 13.1 Å². The van der Waals surface area contributed by atoms with Crippen LogP contribution in [-0.2, 0) is 4.79 Å². The highest BCUT2D eigenvalue weighted by Crippen LogP contribution is 2.21. The van der Waals surface area contributed by atoms with Gasteiger partial charge in [-0.1, -0.05) is 0 Å². The third kappa shape index (κ3) is 5.99. The van der Waals surface area contributed by atoms with Crippen molar-refractivity contribution in [3.05, 3.63) is 30.1 Å². The Morgan fingerprint density at radius 3 is 2.52 bits per heavy atom. The predicted molar refractivity (Wildman–Crippen MR) is 91.6 cm³/mol. The van der Waals surface area contributed by atoms with Crippen molar-refractivity contribution in [2.24, 2.45) is 5.92 Å². The van der Waals surface area contributed by atoms with Crippen LogP contribution < -0.4 is 10.1 Å². The van der Waals surface area contributed by atoms with E-state index in [0.717, 1.165) is 32.5 Å². The van der Waals surface area contributed by atoms with Crippen molar-refractivity contribution in [2.75, 3.05) is 26.7 Å². The summed E-state index contributed by atoms with van der Waals surface area (Å²) in [6, 6.07) is 5.76. The number of hydrogen-bond donors (Lipinski definition) is 1. The number of piperidine rings is 1. The molecule has 0 saturated carbocycles. The van der Waals surface area contributed by atoms with Crippen LogP contribution in [-0.4, -0.2) is 43.6 Å². The van der Waals surface area contributed by atoms with Gasteiger partial charge < -0.3 is 15.0 Å². The Morgan fingerprint density at radius 2 is 1.96 bits per heavy atom. The molecule has 0 radical (unpaired) electrons. The van der Waals surface area contributed by atoms with Gasteiger partial charge in [-0.15, -0.1) is 12.4 Å². The highest BCUT2D eigenvalue weighted by molar-refractivity contribution is 5.85. The zero-order valence-corrected chi connectivity index (χ0v) is 14.6. The van der Waals surface area contributed by atoms with Crippen LogP contribution in [0.5, 0.6) is 5.75 Å². The van der Waals surface area contributed by atoms with E-state index in [1.807, 2.05) is 11.9 Å². The van der Waals surface area contributed by atoms with Gasteiger partial charge in [0.05, 0.1) is 0 Å². The molecule has 1 unspecified atom stereocenters. The molecule has 0 aromatic heterocycles. The fourth-order valence-corrected chi connectivity index (χ4v) is 2.82. The normalized spacial score (nSPS) is 16.6. The number of hydrogen-bond acceptors (Lipinski definition) is 3. The van der Waals surface area contributed by atoms with Gasteiger partial charge in [-0.25, -0.2) is 4.39 Å². The molecular formula is C17H26ClFN2O2. The molecule has 1 saturated heterocycles. The second kappa shape index (κ2) is 9.73. The molecular weight excluding hydrogens is 319 g/mol. The Hall–Kier alpha value is -1.33. The molecule has 1 fully saturated rings. The van der Waals surface area contributed by atoms with Crippen molar-refractivity contribution in [2.45, 2.75) is 32.3 Å². The Morgan fingerprint density at radius 1 is 1.35 bits per heavy atom. The van der Waals surface area contributed by atoms with Crippen LogP contribution >= 0.6 is 12.4 Å². The first kappa shape index (κ1) is 19.7. The topological polar surface area (TPSA) is 41.6 Å². The molecule has 1 amide bonds. The second-order valence-corrected chi connectivity index (χ2v) is 5.87. The predicted octanol–water partition coefficient (Wildman–Crippen LogP) is 2.86. The van der Waals surface area contributed by atoms with Gasteiger partial charge in [-0.2, -0.15) is 0 Å². The first-order valence-corrected chi connectivity index (χ1v) is 7.95. The standard InChI is InChI=1S/C17H25FN2O2.ClH/c1-13(22-16-5-3-15(18)4-6-16)17(21)20-11-8-14(9-12-20)7-10-19-2;/h3-6,13-14,19H,7-12H2,1-2H3;1H. The number of benzene rings is 1. The molecule has 1 aliphatic heterocycles. The van der Waals surface area contributed by atoms with Crippen LogP contribution in [0.1, 0.15) is 26.2 Å². The van der Waals surface area contributed by atoms with E-state index in [2.05, 4.69) is 5.32 Å². The maximum absolute atomic E-state index is 12.9. The molecule has 2 rings (SSSR count). The minimum Gasteiger partial charge on any atom is -0.481 e. The van der Waals surface area contributed by atoms with E-state index in [4.69, 9.17) is 4.74 Å². The van der Waals surface area contributed by atoms with Gasteiger partial charge in [-0.05, 0) is 70.0 Å². The van der Waals surface area contributed by atoms with Gasteiger partial charge in [0.1, 0.15) is 11.6 Å². The monoisotopic (exact) mass is 344 g/mol. The maximum atomic E-state index is 12.9. The number of rotatable bonds is 6. The third-order valence-corrected chi connectivity index (χ3v) is 4.20. The Labute approximate surface area is 143 Å². The number of amides is 1. The summed E-state index contributed by atoms with van der Waals surface area (Å²) in [4.78, 5) is 14.3. The molecule has 6 heteroatoms. The SMILES string of the molecule is CNCCC1CCN(C(=O)C(C)Oc2ccc(F)cc2)CC1.Cl. The zero-order chi connectivity index (χ0) is 15.9.